The normalized spacial score (nSPS) is 19.2. The van der Waals surface area contributed by atoms with E-state index in [-0.39, 0.29) is 5.91 Å². The van der Waals surface area contributed by atoms with E-state index in [2.05, 4.69) is 5.32 Å². The van der Waals surface area contributed by atoms with Crippen molar-refractivity contribution in [3.05, 3.63) is 65.7 Å². The van der Waals surface area contributed by atoms with E-state index in [1.54, 1.807) is 12.1 Å². The standard InChI is InChI=1S/C20H21NO5/c22-19(17-10-11-18(26-17)20(23)24)21-16-8-6-15(7-9-16)13-25-12-14-4-2-1-3-5-14/h1-9,17-18H,10-13H2,(H,21,22)(H,23,24)/t17-,18+/m0/s1. The number of nitrogens with one attached hydrogen (secondary N) is 1. The molecule has 0 aromatic heterocycles. The monoisotopic (exact) mass is 355 g/mol. The van der Waals surface area contributed by atoms with Crippen LogP contribution in [-0.2, 0) is 32.3 Å². The van der Waals surface area contributed by atoms with E-state index < -0.39 is 18.2 Å². The Balaban J connectivity index is 1.45. The summed E-state index contributed by atoms with van der Waals surface area (Å²) in [7, 11) is 0. The number of hydrogen-bond acceptors (Lipinski definition) is 4. The van der Waals surface area contributed by atoms with Crippen LogP contribution >= 0.6 is 0 Å². The second kappa shape index (κ2) is 8.60. The molecule has 1 aliphatic rings. The number of rotatable bonds is 7. The van der Waals surface area contributed by atoms with Crippen LogP contribution < -0.4 is 5.32 Å². The van der Waals surface area contributed by atoms with Crippen LogP contribution in [0.1, 0.15) is 24.0 Å². The molecule has 0 saturated carbocycles. The molecule has 1 heterocycles. The third kappa shape index (κ3) is 4.91. The highest BCUT2D eigenvalue weighted by Gasteiger charge is 2.34. The number of anilines is 1. The summed E-state index contributed by atoms with van der Waals surface area (Å²) in [5.41, 5.74) is 2.76. The van der Waals surface area contributed by atoms with Crippen LogP contribution in [0.4, 0.5) is 5.69 Å². The zero-order valence-electron chi connectivity index (χ0n) is 14.3. The van der Waals surface area contributed by atoms with Crippen LogP contribution in [0, 0.1) is 0 Å². The lowest BCUT2D eigenvalue weighted by Gasteiger charge is -2.12. The van der Waals surface area contributed by atoms with E-state index in [4.69, 9.17) is 14.6 Å². The van der Waals surface area contributed by atoms with Crippen LogP contribution in [0.5, 0.6) is 0 Å². The summed E-state index contributed by atoms with van der Waals surface area (Å²) in [6, 6.07) is 17.3. The summed E-state index contributed by atoms with van der Waals surface area (Å²) in [5, 5.41) is 11.7. The molecule has 1 saturated heterocycles. The fourth-order valence-corrected chi connectivity index (χ4v) is 2.78. The van der Waals surface area contributed by atoms with Crippen LogP contribution in [0.15, 0.2) is 54.6 Å². The molecule has 3 rings (SSSR count). The molecule has 136 valence electrons. The Morgan fingerprint density at radius 2 is 1.58 bits per heavy atom. The molecule has 2 aromatic carbocycles. The Labute approximate surface area is 151 Å². The van der Waals surface area contributed by atoms with Crippen LogP contribution in [-0.4, -0.2) is 29.2 Å². The van der Waals surface area contributed by atoms with E-state index in [1.807, 2.05) is 42.5 Å². The van der Waals surface area contributed by atoms with Gasteiger partial charge in [0.05, 0.1) is 13.2 Å². The minimum atomic E-state index is -1.03. The highest BCUT2D eigenvalue weighted by atomic mass is 16.5. The molecule has 0 unspecified atom stereocenters. The number of carboxylic acids is 1. The average molecular weight is 355 g/mol. The number of aliphatic carboxylic acids is 1. The first-order valence-electron chi connectivity index (χ1n) is 8.51. The van der Waals surface area contributed by atoms with E-state index in [9.17, 15) is 9.59 Å². The van der Waals surface area contributed by atoms with Gasteiger partial charge in [0, 0.05) is 5.69 Å². The van der Waals surface area contributed by atoms with Crippen molar-refractivity contribution >= 4 is 17.6 Å². The largest absolute Gasteiger partial charge is 0.479 e. The van der Waals surface area contributed by atoms with Crippen molar-refractivity contribution in [1.29, 1.82) is 0 Å². The van der Waals surface area contributed by atoms with E-state index in [1.165, 1.54) is 0 Å². The lowest BCUT2D eigenvalue weighted by molar-refractivity contribution is -0.150. The third-order valence-corrected chi connectivity index (χ3v) is 4.19. The molecule has 6 nitrogen and oxygen atoms in total. The Morgan fingerprint density at radius 1 is 0.962 bits per heavy atom. The van der Waals surface area contributed by atoms with Gasteiger partial charge in [0.25, 0.3) is 5.91 Å². The van der Waals surface area contributed by atoms with Gasteiger partial charge in [-0.3, -0.25) is 4.79 Å². The predicted molar refractivity (Wildman–Crippen MR) is 95.5 cm³/mol. The maximum atomic E-state index is 12.1. The van der Waals surface area contributed by atoms with E-state index in [0.29, 0.717) is 31.7 Å². The zero-order valence-corrected chi connectivity index (χ0v) is 14.3. The smallest absolute Gasteiger partial charge is 0.332 e. The van der Waals surface area contributed by atoms with E-state index >= 15 is 0 Å². The molecular weight excluding hydrogens is 334 g/mol. The average Bonchev–Trinajstić information content (AvgIpc) is 3.15. The predicted octanol–water partition coefficient (Wildman–Crippen LogP) is 2.97. The van der Waals surface area contributed by atoms with Crippen molar-refractivity contribution in [2.75, 3.05) is 5.32 Å². The number of carbonyl (C=O) groups excluding carboxylic acids is 1. The third-order valence-electron chi connectivity index (χ3n) is 4.19. The molecular formula is C20H21NO5. The van der Waals surface area contributed by atoms with Crippen molar-refractivity contribution in [3.63, 3.8) is 0 Å². The first-order chi connectivity index (χ1) is 12.6. The fraction of sp³-hybridized carbons (Fsp3) is 0.300. The molecule has 0 radical (unpaired) electrons. The number of carboxylic acid groups (broad SMARTS) is 1. The fourth-order valence-electron chi connectivity index (χ4n) is 2.78. The summed E-state index contributed by atoms with van der Waals surface area (Å²) in [6.07, 6.45) is -0.848. The first-order valence-corrected chi connectivity index (χ1v) is 8.51. The summed E-state index contributed by atoms with van der Waals surface area (Å²) in [5.74, 6) is -1.35. The highest BCUT2D eigenvalue weighted by molar-refractivity contribution is 5.94. The topological polar surface area (TPSA) is 84.9 Å². The highest BCUT2D eigenvalue weighted by Crippen LogP contribution is 2.21. The lowest BCUT2D eigenvalue weighted by Crippen LogP contribution is -2.29. The number of carbonyl (C=O) groups is 2. The van der Waals surface area contributed by atoms with Crippen molar-refractivity contribution < 1.29 is 24.2 Å². The molecule has 0 spiro atoms. The molecule has 0 aliphatic carbocycles. The maximum absolute atomic E-state index is 12.1. The number of ether oxygens (including phenoxy) is 2. The Hall–Kier alpha value is -2.70. The van der Waals surface area contributed by atoms with Crippen molar-refractivity contribution in [3.8, 4) is 0 Å². The van der Waals surface area contributed by atoms with Crippen LogP contribution in [0.3, 0.4) is 0 Å². The molecule has 6 heteroatoms. The summed E-state index contributed by atoms with van der Waals surface area (Å²) in [6.45, 7) is 1.03. The summed E-state index contributed by atoms with van der Waals surface area (Å²) >= 11 is 0. The molecule has 26 heavy (non-hydrogen) atoms. The second-order valence-electron chi connectivity index (χ2n) is 6.19. The molecule has 2 aromatic rings. The number of amides is 1. The molecule has 2 atom stereocenters. The van der Waals surface area contributed by atoms with Crippen molar-refractivity contribution in [2.45, 2.75) is 38.3 Å². The van der Waals surface area contributed by atoms with Gasteiger partial charge in [-0.1, -0.05) is 42.5 Å². The van der Waals surface area contributed by atoms with Gasteiger partial charge >= 0.3 is 5.97 Å². The molecule has 1 fully saturated rings. The van der Waals surface area contributed by atoms with Gasteiger partial charge < -0.3 is 19.9 Å². The second-order valence-corrected chi connectivity index (χ2v) is 6.19. The van der Waals surface area contributed by atoms with Gasteiger partial charge in [-0.2, -0.15) is 0 Å². The minimum Gasteiger partial charge on any atom is -0.479 e. The van der Waals surface area contributed by atoms with Crippen LogP contribution in [0.2, 0.25) is 0 Å². The van der Waals surface area contributed by atoms with Gasteiger partial charge in [0.15, 0.2) is 6.10 Å². The number of benzene rings is 2. The Bertz CT molecular complexity index is 745. The van der Waals surface area contributed by atoms with Gasteiger partial charge in [0.1, 0.15) is 6.10 Å². The van der Waals surface area contributed by atoms with Crippen molar-refractivity contribution in [1.82, 2.24) is 0 Å². The number of hydrogen-bond donors (Lipinski definition) is 2. The lowest BCUT2D eigenvalue weighted by atomic mass is 10.1. The SMILES string of the molecule is O=C(Nc1ccc(COCc2ccccc2)cc1)[C@@H]1CC[C@H](C(=O)O)O1. The van der Waals surface area contributed by atoms with Gasteiger partial charge in [-0.05, 0) is 36.1 Å². The molecule has 2 N–H and O–H groups in total. The maximum Gasteiger partial charge on any atom is 0.332 e. The van der Waals surface area contributed by atoms with Gasteiger partial charge in [-0.15, -0.1) is 0 Å². The molecule has 1 aliphatic heterocycles. The Kier molecular flexibility index (Phi) is 5.99. The molecule has 1 amide bonds. The van der Waals surface area contributed by atoms with Crippen molar-refractivity contribution in [2.24, 2.45) is 0 Å². The minimum absolute atomic E-state index is 0.318. The first kappa shape index (κ1) is 18.1. The van der Waals surface area contributed by atoms with Crippen LogP contribution in [0.25, 0.3) is 0 Å². The zero-order chi connectivity index (χ0) is 18.4. The van der Waals surface area contributed by atoms with Gasteiger partial charge in [-0.25, -0.2) is 4.79 Å². The van der Waals surface area contributed by atoms with E-state index in [0.717, 1.165) is 11.1 Å². The van der Waals surface area contributed by atoms with Gasteiger partial charge in [0.2, 0.25) is 0 Å². The quantitative estimate of drug-likeness (QED) is 0.798. The Morgan fingerprint density at radius 3 is 2.19 bits per heavy atom. The molecule has 0 bridgehead atoms. The summed E-state index contributed by atoms with van der Waals surface area (Å²) < 4.78 is 10.9. The summed E-state index contributed by atoms with van der Waals surface area (Å²) in [4.78, 5) is 23.0.